The van der Waals surface area contributed by atoms with Gasteiger partial charge in [0.05, 0.1) is 23.4 Å². The zero-order chi connectivity index (χ0) is 18.7. The number of halogens is 3. The average molecular weight is 380 g/mol. The Kier molecular flexibility index (Phi) is 5.36. The standard InChI is InChI=1S/C18H15F3N2O2S/c19-18(20,21)13-6-16(22-11-26)17(24)23(9-13)14-7-15(8-14)25-10-12-4-2-1-3-5-12/h1-6,9,14-15H,7-8,10H2/t14-,15-. The van der Waals surface area contributed by atoms with Crippen molar-refractivity contribution >= 4 is 23.1 Å². The SMILES string of the molecule is O=c1c(N=C=S)cc(C(F)(F)F)cn1[C@H]1C[C@H](OCc2ccccc2)C1. The van der Waals surface area contributed by atoms with Gasteiger partial charge in [-0.15, -0.1) is 0 Å². The summed E-state index contributed by atoms with van der Waals surface area (Å²) in [5, 5.41) is 1.96. The first-order valence-corrected chi connectivity index (χ1v) is 8.36. The van der Waals surface area contributed by atoms with Crippen LogP contribution < -0.4 is 5.56 Å². The van der Waals surface area contributed by atoms with E-state index in [9.17, 15) is 18.0 Å². The van der Waals surface area contributed by atoms with E-state index in [0.717, 1.165) is 16.3 Å². The molecule has 0 spiro atoms. The van der Waals surface area contributed by atoms with Crippen molar-refractivity contribution in [1.29, 1.82) is 0 Å². The molecule has 136 valence electrons. The van der Waals surface area contributed by atoms with Crippen LogP contribution in [0.3, 0.4) is 0 Å². The van der Waals surface area contributed by atoms with Crippen LogP contribution in [0, 0.1) is 0 Å². The van der Waals surface area contributed by atoms with Crippen LogP contribution >= 0.6 is 12.2 Å². The Bertz CT molecular complexity index is 884. The zero-order valence-electron chi connectivity index (χ0n) is 13.6. The number of alkyl halides is 3. The molecule has 1 aromatic carbocycles. The van der Waals surface area contributed by atoms with Crippen LogP contribution in [-0.2, 0) is 17.5 Å². The van der Waals surface area contributed by atoms with E-state index in [1.807, 2.05) is 35.5 Å². The minimum atomic E-state index is -4.58. The lowest BCUT2D eigenvalue weighted by molar-refractivity contribution is -0.138. The molecule has 1 fully saturated rings. The lowest BCUT2D eigenvalue weighted by Gasteiger charge is -2.36. The molecule has 1 aromatic heterocycles. The van der Waals surface area contributed by atoms with E-state index < -0.39 is 17.3 Å². The Morgan fingerprint density at radius 1 is 1.27 bits per heavy atom. The van der Waals surface area contributed by atoms with Crippen LogP contribution in [0.5, 0.6) is 0 Å². The van der Waals surface area contributed by atoms with Gasteiger partial charge in [-0.1, -0.05) is 30.3 Å². The van der Waals surface area contributed by atoms with Gasteiger partial charge in [0.25, 0.3) is 5.56 Å². The number of aromatic nitrogens is 1. The lowest BCUT2D eigenvalue weighted by atomic mass is 9.88. The van der Waals surface area contributed by atoms with Crippen molar-refractivity contribution in [2.45, 2.75) is 37.8 Å². The van der Waals surface area contributed by atoms with Gasteiger partial charge in [0.1, 0.15) is 5.69 Å². The van der Waals surface area contributed by atoms with Gasteiger partial charge in [-0.25, -0.2) is 0 Å². The van der Waals surface area contributed by atoms with E-state index in [2.05, 4.69) is 17.2 Å². The molecule has 2 aromatic rings. The Morgan fingerprint density at radius 2 is 1.96 bits per heavy atom. The number of benzene rings is 1. The van der Waals surface area contributed by atoms with Gasteiger partial charge in [-0.3, -0.25) is 4.79 Å². The molecule has 0 saturated heterocycles. The molecule has 0 radical (unpaired) electrons. The second-order valence-corrected chi connectivity index (χ2v) is 6.25. The summed E-state index contributed by atoms with van der Waals surface area (Å²) in [6.07, 6.45) is -2.90. The van der Waals surface area contributed by atoms with Crippen molar-refractivity contribution < 1.29 is 17.9 Å². The van der Waals surface area contributed by atoms with Gasteiger partial charge >= 0.3 is 6.18 Å². The van der Waals surface area contributed by atoms with Gasteiger partial charge in [0.15, 0.2) is 0 Å². The quantitative estimate of drug-likeness (QED) is 0.566. The summed E-state index contributed by atoms with van der Waals surface area (Å²) in [5.41, 5.74) is -0.884. The number of hydrogen-bond donors (Lipinski definition) is 0. The van der Waals surface area contributed by atoms with E-state index in [1.54, 1.807) is 0 Å². The molecule has 1 aliphatic rings. The maximum atomic E-state index is 13.1. The minimum absolute atomic E-state index is 0.0980. The first-order valence-electron chi connectivity index (χ1n) is 7.95. The fourth-order valence-corrected chi connectivity index (χ4v) is 2.93. The molecule has 0 atom stereocenters. The van der Waals surface area contributed by atoms with E-state index in [-0.39, 0.29) is 17.8 Å². The molecule has 0 N–H and O–H groups in total. The summed E-state index contributed by atoms with van der Waals surface area (Å²) < 4.78 is 46.0. The highest BCUT2D eigenvalue weighted by Crippen LogP contribution is 2.37. The Balaban J connectivity index is 1.73. The summed E-state index contributed by atoms with van der Waals surface area (Å²) in [6, 6.07) is 9.92. The molecule has 0 aliphatic heterocycles. The largest absolute Gasteiger partial charge is 0.417 e. The van der Waals surface area contributed by atoms with Gasteiger partial charge in [0, 0.05) is 12.2 Å². The molecule has 1 heterocycles. The molecular weight excluding hydrogens is 365 g/mol. The third kappa shape index (κ3) is 4.09. The van der Waals surface area contributed by atoms with Crippen molar-refractivity contribution in [3.8, 4) is 0 Å². The van der Waals surface area contributed by atoms with E-state index in [0.29, 0.717) is 25.5 Å². The molecule has 0 bridgehead atoms. The molecule has 3 rings (SSSR count). The van der Waals surface area contributed by atoms with Crippen molar-refractivity contribution in [2.75, 3.05) is 0 Å². The highest BCUT2D eigenvalue weighted by Gasteiger charge is 2.36. The van der Waals surface area contributed by atoms with Crippen molar-refractivity contribution in [1.82, 2.24) is 4.57 Å². The van der Waals surface area contributed by atoms with Gasteiger partial charge in [0.2, 0.25) is 0 Å². The number of nitrogens with zero attached hydrogens (tertiary/aromatic N) is 2. The number of hydrogen-bond acceptors (Lipinski definition) is 4. The predicted octanol–water partition coefficient (Wildman–Crippen LogP) is 4.52. The normalized spacial score (nSPS) is 19.5. The third-order valence-electron chi connectivity index (χ3n) is 4.31. The molecular formula is C18H15F3N2O2S. The second kappa shape index (κ2) is 7.53. The van der Waals surface area contributed by atoms with Crippen LogP contribution in [0.2, 0.25) is 0 Å². The number of thiocarbonyl (C=S) groups is 1. The van der Waals surface area contributed by atoms with Gasteiger partial charge in [-0.05, 0) is 36.7 Å². The number of rotatable bonds is 5. The molecule has 0 amide bonds. The third-order valence-corrected chi connectivity index (χ3v) is 4.40. The highest BCUT2D eigenvalue weighted by molar-refractivity contribution is 7.78. The van der Waals surface area contributed by atoms with E-state index >= 15 is 0 Å². The Morgan fingerprint density at radius 3 is 2.58 bits per heavy atom. The monoisotopic (exact) mass is 380 g/mol. The fourth-order valence-electron chi connectivity index (χ4n) is 2.83. The van der Waals surface area contributed by atoms with Crippen molar-refractivity contribution in [3.63, 3.8) is 0 Å². The molecule has 8 heteroatoms. The minimum Gasteiger partial charge on any atom is -0.373 e. The van der Waals surface area contributed by atoms with E-state index in [1.165, 1.54) is 0 Å². The Hall–Kier alpha value is -2.28. The molecule has 0 unspecified atom stereocenters. The number of ether oxygens (including phenoxy) is 1. The molecule has 4 nitrogen and oxygen atoms in total. The van der Waals surface area contributed by atoms with Crippen LogP contribution in [0.4, 0.5) is 18.9 Å². The van der Waals surface area contributed by atoms with Gasteiger partial charge < -0.3 is 9.30 Å². The van der Waals surface area contributed by atoms with Crippen LogP contribution in [0.1, 0.15) is 30.0 Å². The van der Waals surface area contributed by atoms with Gasteiger partial charge in [-0.2, -0.15) is 18.2 Å². The summed E-state index contributed by atoms with van der Waals surface area (Å²) >= 11 is 4.42. The lowest BCUT2D eigenvalue weighted by Crippen LogP contribution is -2.38. The molecule has 1 aliphatic carbocycles. The summed E-state index contributed by atoms with van der Waals surface area (Å²) in [5.74, 6) is 0. The second-order valence-electron chi connectivity index (χ2n) is 6.07. The highest BCUT2D eigenvalue weighted by atomic mass is 32.1. The topological polar surface area (TPSA) is 43.6 Å². The molecule has 26 heavy (non-hydrogen) atoms. The summed E-state index contributed by atoms with van der Waals surface area (Å²) in [7, 11) is 0. The summed E-state index contributed by atoms with van der Waals surface area (Å²) in [6.45, 7) is 0.427. The fraction of sp³-hybridized carbons (Fsp3) is 0.333. The van der Waals surface area contributed by atoms with Crippen LogP contribution in [0.15, 0.2) is 52.4 Å². The maximum Gasteiger partial charge on any atom is 0.417 e. The van der Waals surface area contributed by atoms with Crippen LogP contribution in [-0.4, -0.2) is 15.8 Å². The maximum absolute atomic E-state index is 13.1. The van der Waals surface area contributed by atoms with Crippen LogP contribution in [0.25, 0.3) is 0 Å². The summed E-state index contributed by atoms with van der Waals surface area (Å²) in [4.78, 5) is 15.8. The van der Waals surface area contributed by atoms with Crippen molar-refractivity contribution in [3.05, 3.63) is 64.1 Å². The number of aliphatic imine (C=N–C) groups is 1. The number of isothiocyanates is 1. The van der Waals surface area contributed by atoms with E-state index in [4.69, 9.17) is 4.74 Å². The van der Waals surface area contributed by atoms with Crippen molar-refractivity contribution in [2.24, 2.45) is 4.99 Å². The first-order chi connectivity index (χ1) is 12.4. The first kappa shape index (κ1) is 18.5. The average Bonchev–Trinajstić information content (AvgIpc) is 2.56. The Labute approximate surface area is 152 Å². The smallest absolute Gasteiger partial charge is 0.373 e. The zero-order valence-corrected chi connectivity index (χ0v) is 14.4. The predicted molar refractivity (Wildman–Crippen MR) is 93.7 cm³/mol. The number of pyridine rings is 1. The molecule has 1 saturated carbocycles.